The Labute approximate surface area is 264 Å². The summed E-state index contributed by atoms with van der Waals surface area (Å²) in [6, 6.07) is 30.6. The van der Waals surface area contributed by atoms with E-state index in [1.54, 1.807) is 13.0 Å². The molecule has 0 amide bonds. The highest BCUT2D eigenvalue weighted by atomic mass is 35.5. The number of aryl methyl sites for hydroxylation is 2. The van der Waals surface area contributed by atoms with Gasteiger partial charge in [-0.1, -0.05) is 72.3 Å². The Kier molecular flexibility index (Phi) is 8.08. The summed E-state index contributed by atoms with van der Waals surface area (Å²) in [5, 5.41) is 1.54. The number of Topliss-reactive ketones (excluding diaryl/α,β-unsaturated/α-hetero) is 1. The van der Waals surface area contributed by atoms with E-state index in [2.05, 4.69) is 48.5 Å². The summed E-state index contributed by atoms with van der Waals surface area (Å²) < 4.78 is 8.28. The minimum atomic E-state index is -0.757. The highest BCUT2D eigenvalue weighted by molar-refractivity contribution is 6.30. The lowest BCUT2D eigenvalue weighted by atomic mass is 9.87. The maximum Gasteiger partial charge on any atom is 0.251 e. The number of pyridine rings is 1. The number of rotatable bonds is 8. The Bertz CT molecular complexity index is 1890. The van der Waals surface area contributed by atoms with Crippen LogP contribution in [0.5, 0.6) is 0 Å². The van der Waals surface area contributed by atoms with Gasteiger partial charge in [0.15, 0.2) is 5.78 Å². The van der Waals surface area contributed by atoms with Crippen LogP contribution in [-0.2, 0) is 16.1 Å². The van der Waals surface area contributed by atoms with Crippen molar-refractivity contribution in [1.29, 1.82) is 0 Å². The van der Waals surface area contributed by atoms with Crippen molar-refractivity contribution in [2.24, 2.45) is 0 Å². The first-order chi connectivity index (χ1) is 21.0. The molecule has 44 heavy (non-hydrogen) atoms. The lowest BCUT2D eigenvalue weighted by Crippen LogP contribution is -2.27. The van der Waals surface area contributed by atoms with Crippen LogP contribution in [0.1, 0.15) is 74.8 Å². The Morgan fingerprint density at radius 3 is 2.11 bits per heavy atom. The van der Waals surface area contributed by atoms with E-state index >= 15 is 0 Å². The zero-order chi connectivity index (χ0) is 31.2. The molecule has 5 heteroatoms. The first kappa shape index (κ1) is 30.1. The number of benzene rings is 4. The number of carbonyl (C=O) groups excluding carboxylic acids is 1. The van der Waals surface area contributed by atoms with Crippen LogP contribution in [0.4, 0.5) is 0 Å². The van der Waals surface area contributed by atoms with Gasteiger partial charge in [0.2, 0.25) is 0 Å². The second-order valence-corrected chi connectivity index (χ2v) is 13.3. The quantitative estimate of drug-likeness (QED) is 0.177. The molecule has 224 valence electrons. The fraction of sp³-hybridized carbons (Fsp3) is 0.282. The average molecular weight is 604 g/mol. The molecule has 6 rings (SSSR count). The Balaban J connectivity index is 1.44. The maximum absolute atomic E-state index is 13.4. The molecule has 0 bridgehead atoms. The van der Waals surface area contributed by atoms with E-state index in [4.69, 9.17) is 16.3 Å². The van der Waals surface area contributed by atoms with Gasteiger partial charge in [-0.2, -0.15) is 0 Å². The molecule has 1 aliphatic carbocycles. The number of halogens is 1. The molecule has 0 saturated carbocycles. The summed E-state index contributed by atoms with van der Waals surface area (Å²) in [5.74, 6) is 0.236. The Morgan fingerprint density at radius 1 is 0.909 bits per heavy atom. The molecule has 0 fully saturated rings. The van der Waals surface area contributed by atoms with Crippen molar-refractivity contribution < 1.29 is 9.53 Å². The van der Waals surface area contributed by atoms with E-state index in [0.717, 1.165) is 46.0 Å². The van der Waals surface area contributed by atoms with E-state index in [0.29, 0.717) is 17.5 Å². The predicted octanol–water partition coefficient (Wildman–Crippen LogP) is 9.67. The molecule has 0 spiro atoms. The third-order valence-electron chi connectivity index (χ3n) is 8.61. The summed E-state index contributed by atoms with van der Waals surface area (Å²) in [6.45, 7) is 10.0. The zero-order valence-corrected chi connectivity index (χ0v) is 26.7. The highest BCUT2D eigenvalue weighted by Gasteiger charge is 2.31. The fourth-order valence-electron chi connectivity index (χ4n) is 6.81. The number of ether oxygens (including phenoxy) is 1. The van der Waals surface area contributed by atoms with Gasteiger partial charge in [0, 0.05) is 28.9 Å². The SMILES string of the molecule is CC(=O)[C@@H](OC(C)(C)C)c1c(C)cc2c(ccc(=O)n2CCCC2c3ccccc3-c3ccccc32)c1-c1ccc(Cl)cc1. The molecule has 4 aromatic carbocycles. The van der Waals surface area contributed by atoms with Crippen LogP contribution in [0.15, 0.2) is 95.8 Å². The maximum atomic E-state index is 13.4. The van der Waals surface area contributed by atoms with E-state index in [-0.39, 0.29) is 11.3 Å². The topological polar surface area (TPSA) is 48.3 Å². The van der Waals surface area contributed by atoms with Gasteiger partial charge in [-0.05, 0) is 116 Å². The fourth-order valence-corrected chi connectivity index (χ4v) is 6.93. The average Bonchev–Trinajstić information content (AvgIpc) is 3.30. The summed E-state index contributed by atoms with van der Waals surface area (Å²) in [7, 11) is 0. The van der Waals surface area contributed by atoms with Crippen LogP contribution in [-0.4, -0.2) is 16.0 Å². The van der Waals surface area contributed by atoms with Crippen molar-refractivity contribution in [2.45, 2.75) is 71.6 Å². The predicted molar refractivity (Wildman–Crippen MR) is 181 cm³/mol. The summed E-state index contributed by atoms with van der Waals surface area (Å²) in [4.78, 5) is 26.6. The van der Waals surface area contributed by atoms with Gasteiger partial charge in [-0.25, -0.2) is 0 Å². The van der Waals surface area contributed by atoms with Crippen LogP contribution in [0, 0.1) is 6.92 Å². The molecule has 0 N–H and O–H groups in total. The summed E-state index contributed by atoms with van der Waals surface area (Å²) in [6.07, 6.45) is 1.02. The molecule has 5 aromatic rings. The van der Waals surface area contributed by atoms with Gasteiger partial charge in [0.25, 0.3) is 5.56 Å². The first-order valence-electron chi connectivity index (χ1n) is 15.3. The van der Waals surface area contributed by atoms with Crippen molar-refractivity contribution in [1.82, 2.24) is 4.57 Å². The van der Waals surface area contributed by atoms with Gasteiger partial charge >= 0.3 is 0 Å². The molecule has 0 radical (unpaired) electrons. The van der Waals surface area contributed by atoms with Crippen LogP contribution < -0.4 is 5.56 Å². The molecule has 1 aliphatic rings. The number of hydrogen-bond acceptors (Lipinski definition) is 3. The van der Waals surface area contributed by atoms with Crippen molar-refractivity contribution in [3.8, 4) is 22.3 Å². The van der Waals surface area contributed by atoms with Crippen LogP contribution in [0.25, 0.3) is 33.2 Å². The molecule has 1 heterocycles. The van der Waals surface area contributed by atoms with Crippen molar-refractivity contribution in [3.63, 3.8) is 0 Å². The van der Waals surface area contributed by atoms with Crippen molar-refractivity contribution in [3.05, 3.63) is 129 Å². The highest BCUT2D eigenvalue weighted by Crippen LogP contribution is 2.47. The van der Waals surface area contributed by atoms with Crippen molar-refractivity contribution >= 4 is 28.3 Å². The Morgan fingerprint density at radius 2 is 1.52 bits per heavy atom. The molecule has 0 unspecified atom stereocenters. The van der Waals surface area contributed by atoms with Gasteiger partial charge in [0.05, 0.1) is 11.1 Å². The third-order valence-corrected chi connectivity index (χ3v) is 8.87. The largest absolute Gasteiger partial charge is 0.360 e. The number of fused-ring (bicyclic) bond motifs is 4. The van der Waals surface area contributed by atoms with Crippen LogP contribution in [0.2, 0.25) is 5.02 Å². The van der Waals surface area contributed by atoms with Crippen LogP contribution >= 0.6 is 11.6 Å². The molecular weight excluding hydrogens is 566 g/mol. The van der Waals surface area contributed by atoms with E-state index < -0.39 is 11.7 Å². The first-order valence-corrected chi connectivity index (χ1v) is 15.7. The number of carbonyl (C=O) groups is 1. The van der Waals surface area contributed by atoms with Crippen molar-refractivity contribution in [2.75, 3.05) is 0 Å². The number of aromatic nitrogens is 1. The molecule has 0 aliphatic heterocycles. The summed E-state index contributed by atoms with van der Waals surface area (Å²) in [5.41, 5.74) is 9.17. The third kappa shape index (κ3) is 5.65. The van der Waals surface area contributed by atoms with Gasteiger partial charge in [-0.3, -0.25) is 9.59 Å². The zero-order valence-electron chi connectivity index (χ0n) is 26.0. The lowest BCUT2D eigenvalue weighted by Gasteiger charge is -2.30. The number of nitrogens with zero attached hydrogens (tertiary/aromatic N) is 1. The van der Waals surface area contributed by atoms with Crippen LogP contribution in [0.3, 0.4) is 0 Å². The smallest absolute Gasteiger partial charge is 0.251 e. The monoisotopic (exact) mass is 603 g/mol. The van der Waals surface area contributed by atoms with E-state index in [1.807, 2.05) is 68.7 Å². The second kappa shape index (κ2) is 11.8. The standard InChI is InChI=1S/C39H38ClNO3/c1-24-23-34-33(37(26-16-18-27(40)19-17-26)36(24)38(25(2)42)44-39(3,4)5)20-21-35(43)41(34)22-10-15-32-30-13-8-6-11-28(30)29-12-7-9-14-31(29)32/h6-9,11-14,16-21,23,32,38H,10,15,22H2,1-5H3/t38-/m1/s1. The number of hydrogen-bond donors (Lipinski definition) is 0. The second-order valence-electron chi connectivity index (χ2n) is 12.8. The normalized spacial score (nSPS) is 13.6. The minimum absolute atomic E-state index is 0.0343. The number of ketones is 1. The lowest BCUT2D eigenvalue weighted by molar-refractivity contribution is -0.138. The minimum Gasteiger partial charge on any atom is -0.360 e. The molecule has 1 aromatic heterocycles. The van der Waals surface area contributed by atoms with Gasteiger partial charge in [-0.15, -0.1) is 0 Å². The van der Waals surface area contributed by atoms with Gasteiger partial charge in [0.1, 0.15) is 6.10 Å². The molecule has 0 saturated heterocycles. The van der Waals surface area contributed by atoms with E-state index in [9.17, 15) is 9.59 Å². The van der Waals surface area contributed by atoms with E-state index in [1.165, 1.54) is 22.3 Å². The molecule has 1 atom stereocenters. The Hall–Kier alpha value is -3.99. The molecular formula is C39H38ClNO3. The molecule has 4 nitrogen and oxygen atoms in total. The van der Waals surface area contributed by atoms with Gasteiger partial charge < -0.3 is 9.30 Å². The summed E-state index contributed by atoms with van der Waals surface area (Å²) >= 11 is 6.28.